The Kier molecular flexibility index (Phi) is 2.44. The quantitative estimate of drug-likeness (QED) is 0.691. The molecule has 0 unspecified atom stereocenters. The van der Waals surface area contributed by atoms with E-state index in [0.29, 0.717) is 0 Å². The fourth-order valence-corrected chi connectivity index (χ4v) is 1.40. The van der Waals surface area contributed by atoms with Gasteiger partial charge < -0.3 is 0 Å². The average molecular weight is 209 g/mol. The van der Waals surface area contributed by atoms with Gasteiger partial charge in [0.25, 0.3) is 9.05 Å². The molecule has 4 nitrogen and oxygen atoms in total. The molecule has 0 fully saturated rings. The molecule has 0 aliphatic carbocycles. The van der Waals surface area contributed by atoms with Crippen LogP contribution < -0.4 is 0 Å². The third-order valence-electron chi connectivity index (χ3n) is 1.36. The number of aromatic nitrogens is 2. The van der Waals surface area contributed by atoms with Gasteiger partial charge in [-0.1, -0.05) is 0 Å². The number of hydrogen-bond acceptors (Lipinski definition) is 3. The standard InChI is InChI=1S/C6H9ClN2O2S/c1-5(2)9-4-3-6(8-9)12(7,10)11/h3-5H,1-2H3. The zero-order chi connectivity index (χ0) is 9.35. The molecule has 1 aromatic rings. The lowest BCUT2D eigenvalue weighted by Gasteiger charge is -2.02. The van der Waals surface area contributed by atoms with Crippen LogP contribution in [-0.4, -0.2) is 18.2 Å². The van der Waals surface area contributed by atoms with Crippen molar-refractivity contribution in [2.24, 2.45) is 0 Å². The summed E-state index contributed by atoms with van der Waals surface area (Å²) in [6, 6.07) is 1.51. The minimum Gasteiger partial charge on any atom is -0.269 e. The molecule has 0 bridgehead atoms. The average Bonchev–Trinajstić information content (AvgIpc) is 2.30. The topological polar surface area (TPSA) is 52.0 Å². The number of nitrogens with zero attached hydrogens (tertiary/aromatic N) is 2. The van der Waals surface area contributed by atoms with E-state index in [0.717, 1.165) is 0 Å². The Morgan fingerprint density at radius 2 is 2.17 bits per heavy atom. The van der Waals surface area contributed by atoms with Crippen molar-refractivity contribution in [2.75, 3.05) is 0 Å². The molecule has 1 aromatic heterocycles. The summed E-state index contributed by atoms with van der Waals surface area (Å²) >= 11 is 0. The van der Waals surface area contributed by atoms with Crippen molar-refractivity contribution in [3.63, 3.8) is 0 Å². The molecule has 0 N–H and O–H groups in total. The van der Waals surface area contributed by atoms with Gasteiger partial charge >= 0.3 is 0 Å². The van der Waals surface area contributed by atoms with E-state index in [4.69, 9.17) is 10.7 Å². The van der Waals surface area contributed by atoms with E-state index >= 15 is 0 Å². The highest BCUT2D eigenvalue weighted by Crippen LogP contribution is 2.13. The third kappa shape index (κ3) is 1.98. The maximum Gasteiger partial charge on any atom is 0.280 e. The minimum atomic E-state index is -3.68. The van der Waals surface area contributed by atoms with E-state index in [-0.39, 0.29) is 11.1 Å². The predicted octanol–water partition coefficient (Wildman–Crippen LogP) is 1.39. The van der Waals surface area contributed by atoms with Crippen molar-refractivity contribution >= 4 is 19.7 Å². The number of halogens is 1. The van der Waals surface area contributed by atoms with Crippen molar-refractivity contribution in [2.45, 2.75) is 24.9 Å². The van der Waals surface area contributed by atoms with Crippen molar-refractivity contribution in [1.82, 2.24) is 9.78 Å². The lowest BCUT2D eigenvalue weighted by Crippen LogP contribution is -2.02. The molecule has 68 valence electrons. The fourth-order valence-electron chi connectivity index (χ4n) is 0.738. The smallest absolute Gasteiger partial charge is 0.269 e. The summed E-state index contributed by atoms with van der Waals surface area (Å²) in [5, 5.41) is 3.68. The second kappa shape index (κ2) is 3.06. The molecule has 0 saturated heterocycles. The van der Waals surface area contributed by atoms with Crippen LogP contribution in [-0.2, 0) is 9.05 Å². The van der Waals surface area contributed by atoms with Crippen molar-refractivity contribution in [3.8, 4) is 0 Å². The zero-order valence-electron chi connectivity index (χ0n) is 6.73. The first-order chi connectivity index (χ1) is 5.41. The Labute approximate surface area is 75.6 Å². The molecule has 1 heterocycles. The molecule has 0 amide bonds. The van der Waals surface area contributed by atoms with Gasteiger partial charge in [-0.25, -0.2) is 8.42 Å². The minimum absolute atomic E-state index is 0.0992. The fraction of sp³-hybridized carbons (Fsp3) is 0.500. The monoisotopic (exact) mass is 208 g/mol. The summed E-state index contributed by atoms with van der Waals surface area (Å²) in [5.41, 5.74) is 0. The second-order valence-corrected chi connectivity index (χ2v) is 5.18. The maximum atomic E-state index is 10.8. The van der Waals surface area contributed by atoms with Crippen LogP contribution in [0.5, 0.6) is 0 Å². The molecule has 0 spiro atoms. The van der Waals surface area contributed by atoms with Gasteiger partial charge in [-0.3, -0.25) is 4.68 Å². The number of rotatable bonds is 2. The molecule has 12 heavy (non-hydrogen) atoms. The summed E-state index contributed by atoms with van der Waals surface area (Å²) in [6.45, 7) is 3.80. The maximum absolute atomic E-state index is 10.8. The molecule has 0 aliphatic rings. The Morgan fingerprint density at radius 1 is 1.58 bits per heavy atom. The van der Waals surface area contributed by atoms with Crippen molar-refractivity contribution in [3.05, 3.63) is 12.3 Å². The van der Waals surface area contributed by atoms with E-state index < -0.39 is 9.05 Å². The van der Waals surface area contributed by atoms with Gasteiger partial charge in [0.1, 0.15) is 0 Å². The normalized spacial score (nSPS) is 12.3. The Balaban J connectivity index is 3.09. The van der Waals surface area contributed by atoms with E-state index in [2.05, 4.69) is 5.10 Å². The lowest BCUT2D eigenvalue weighted by molar-refractivity contribution is 0.517. The highest BCUT2D eigenvalue weighted by molar-refractivity contribution is 8.13. The SMILES string of the molecule is CC(C)n1ccc(S(=O)(=O)Cl)n1. The van der Waals surface area contributed by atoms with Gasteiger partial charge in [0.2, 0.25) is 0 Å². The van der Waals surface area contributed by atoms with Crippen LogP contribution in [0.15, 0.2) is 17.3 Å². The van der Waals surface area contributed by atoms with E-state index in [9.17, 15) is 8.42 Å². The van der Waals surface area contributed by atoms with Crippen molar-refractivity contribution < 1.29 is 8.42 Å². The molecule has 0 radical (unpaired) electrons. The van der Waals surface area contributed by atoms with Gasteiger partial charge in [0.15, 0.2) is 5.03 Å². The van der Waals surface area contributed by atoms with Gasteiger partial charge in [-0.2, -0.15) is 5.10 Å². The number of hydrogen-bond donors (Lipinski definition) is 0. The first-order valence-electron chi connectivity index (χ1n) is 3.41. The Hall–Kier alpha value is -0.550. The predicted molar refractivity (Wildman–Crippen MR) is 45.7 cm³/mol. The first-order valence-corrected chi connectivity index (χ1v) is 5.72. The molecule has 0 aliphatic heterocycles. The van der Waals surface area contributed by atoms with Gasteiger partial charge in [0.05, 0.1) is 0 Å². The second-order valence-electron chi connectivity index (χ2n) is 2.67. The van der Waals surface area contributed by atoms with Crippen molar-refractivity contribution in [1.29, 1.82) is 0 Å². The van der Waals surface area contributed by atoms with Crippen LogP contribution in [0.4, 0.5) is 0 Å². The molecular weight excluding hydrogens is 200 g/mol. The first kappa shape index (κ1) is 9.54. The highest BCUT2D eigenvalue weighted by atomic mass is 35.7. The van der Waals surface area contributed by atoms with Crippen LogP contribution >= 0.6 is 10.7 Å². The summed E-state index contributed by atoms with van der Waals surface area (Å²) in [7, 11) is 1.40. The summed E-state index contributed by atoms with van der Waals surface area (Å²) in [5.74, 6) is 0. The van der Waals surface area contributed by atoms with Crippen LogP contribution in [0, 0.1) is 0 Å². The van der Waals surface area contributed by atoms with Gasteiger partial charge in [-0.05, 0) is 19.9 Å². The third-order valence-corrected chi connectivity index (χ3v) is 2.55. The Morgan fingerprint density at radius 3 is 2.42 bits per heavy atom. The summed E-state index contributed by atoms with van der Waals surface area (Å²) in [6.07, 6.45) is 1.58. The van der Waals surface area contributed by atoms with E-state index in [1.165, 1.54) is 10.7 Å². The van der Waals surface area contributed by atoms with E-state index in [1.807, 2.05) is 13.8 Å². The molecule has 0 aromatic carbocycles. The van der Waals surface area contributed by atoms with Crippen LogP contribution in [0.25, 0.3) is 0 Å². The summed E-state index contributed by atoms with van der Waals surface area (Å²) < 4.78 is 23.1. The largest absolute Gasteiger partial charge is 0.280 e. The molecule has 0 atom stereocenters. The van der Waals surface area contributed by atoms with E-state index in [1.54, 1.807) is 6.20 Å². The van der Waals surface area contributed by atoms with Gasteiger partial charge in [0, 0.05) is 22.9 Å². The van der Waals surface area contributed by atoms with Crippen LogP contribution in [0.1, 0.15) is 19.9 Å². The highest BCUT2D eigenvalue weighted by Gasteiger charge is 2.13. The van der Waals surface area contributed by atoms with Crippen LogP contribution in [0.3, 0.4) is 0 Å². The Bertz CT molecular complexity index is 369. The molecular formula is C6H9ClN2O2S. The summed E-state index contributed by atoms with van der Waals surface area (Å²) in [4.78, 5) is 0. The lowest BCUT2D eigenvalue weighted by atomic mass is 10.4. The molecule has 0 saturated carbocycles. The molecule has 6 heteroatoms. The van der Waals surface area contributed by atoms with Gasteiger partial charge in [-0.15, -0.1) is 0 Å². The zero-order valence-corrected chi connectivity index (χ0v) is 8.30. The molecule has 1 rings (SSSR count). The van der Waals surface area contributed by atoms with Crippen LogP contribution in [0.2, 0.25) is 0 Å².